The molecule has 0 unspecified atom stereocenters. The predicted molar refractivity (Wildman–Crippen MR) is 141 cm³/mol. The third-order valence-electron chi connectivity index (χ3n) is 6.85. The molecule has 5 N–H and O–H groups in total. The number of H-pyrrole nitrogens is 1. The second-order valence-corrected chi connectivity index (χ2v) is 9.17. The van der Waals surface area contributed by atoms with Gasteiger partial charge in [-0.1, -0.05) is 66.7 Å². The highest BCUT2D eigenvalue weighted by Crippen LogP contribution is 2.44. The summed E-state index contributed by atoms with van der Waals surface area (Å²) in [6.07, 6.45) is 1.02. The predicted octanol–water partition coefficient (Wildman–Crippen LogP) is 3.18. The molecule has 3 aromatic carbocycles. The summed E-state index contributed by atoms with van der Waals surface area (Å²) >= 11 is 0. The van der Waals surface area contributed by atoms with Crippen LogP contribution in [0.5, 0.6) is 0 Å². The van der Waals surface area contributed by atoms with E-state index >= 15 is 0 Å². The SMILES string of the molecule is O=C(N[C@@H](Cc1c[nH]c2ccccc12)C(=O)N[C@@H](CO)C(=O)O)OCC1c2ccccc2-c2ccccc21. The molecule has 1 aromatic heterocycles. The molecule has 38 heavy (non-hydrogen) atoms. The van der Waals surface area contributed by atoms with Crippen molar-refractivity contribution < 1.29 is 29.3 Å². The standard InChI is InChI=1S/C29H27N3O6/c33-15-26(28(35)36)31-27(34)25(13-17-14-30-24-12-6-5-7-18(17)24)32-29(37)38-16-23-21-10-3-1-8-19(21)20-9-2-4-11-22(20)23/h1-12,14,23,25-26,30,33H,13,15-16H2,(H,31,34)(H,32,37)(H,35,36)/t25-,26-/m0/s1. The average molecular weight is 514 g/mol. The van der Waals surface area contributed by atoms with Gasteiger partial charge in [-0.05, 0) is 33.9 Å². The number of carbonyl (C=O) groups is 3. The molecule has 2 atom stereocenters. The summed E-state index contributed by atoms with van der Waals surface area (Å²) in [5.41, 5.74) is 5.93. The first-order chi connectivity index (χ1) is 18.5. The number of hydrogen-bond donors (Lipinski definition) is 5. The molecule has 0 fully saturated rings. The highest BCUT2D eigenvalue weighted by atomic mass is 16.5. The number of ether oxygens (including phenoxy) is 1. The van der Waals surface area contributed by atoms with Crippen LogP contribution in [0.25, 0.3) is 22.0 Å². The van der Waals surface area contributed by atoms with Gasteiger partial charge in [0.05, 0.1) is 6.61 Å². The molecular formula is C29H27N3O6. The van der Waals surface area contributed by atoms with Gasteiger partial charge in [0.1, 0.15) is 18.7 Å². The van der Waals surface area contributed by atoms with E-state index in [0.717, 1.165) is 38.7 Å². The molecule has 0 aliphatic heterocycles. The monoisotopic (exact) mass is 513 g/mol. The number of carboxylic acids is 1. The molecule has 5 rings (SSSR count). The van der Waals surface area contributed by atoms with Crippen molar-refractivity contribution in [2.75, 3.05) is 13.2 Å². The normalized spacial score (nSPS) is 13.8. The number of aromatic nitrogens is 1. The van der Waals surface area contributed by atoms with E-state index in [-0.39, 0.29) is 18.9 Å². The molecule has 1 aliphatic carbocycles. The second-order valence-electron chi connectivity index (χ2n) is 9.17. The highest BCUT2D eigenvalue weighted by molar-refractivity contribution is 5.91. The van der Waals surface area contributed by atoms with Crippen LogP contribution in [0.2, 0.25) is 0 Å². The van der Waals surface area contributed by atoms with Gasteiger partial charge in [-0.25, -0.2) is 9.59 Å². The molecule has 1 aliphatic rings. The fraction of sp³-hybridized carbons (Fsp3) is 0.207. The quantitative estimate of drug-likeness (QED) is 0.233. The first kappa shape index (κ1) is 25.0. The van der Waals surface area contributed by atoms with Crippen molar-refractivity contribution >= 4 is 28.9 Å². The van der Waals surface area contributed by atoms with Crippen LogP contribution in [0.15, 0.2) is 79.0 Å². The minimum Gasteiger partial charge on any atom is -0.480 e. The Bertz CT molecular complexity index is 1450. The number of rotatable bonds is 9. The maximum Gasteiger partial charge on any atom is 0.407 e. The molecule has 0 saturated heterocycles. The van der Waals surface area contributed by atoms with Crippen molar-refractivity contribution in [3.8, 4) is 11.1 Å². The lowest BCUT2D eigenvalue weighted by molar-refractivity contribution is -0.143. The van der Waals surface area contributed by atoms with Crippen molar-refractivity contribution in [3.63, 3.8) is 0 Å². The Kier molecular flexibility index (Phi) is 7.10. The smallest absolute Gasteiger partial charge is 0.407 e. The minimum atomic E-state index is -1.50. The summed E-state index contributed by atoms with van der Waals surface area (Å²) in [6, 6.07) is 20.8. The van der Waals surface area contributed by atoms with Crippen molar-refractivity contribution in [2.24, 2.45) is 0 Å². The molecule has 0 bridgehead atoms. The maximum atomic E-state index is 13.0. The highest BCUT2D eigenvalue weighted by Gasteiger charge is 2.31. The largest absolute Gasteiger partial charge is 0.480 e. The van der Waals surface area contributed by atoms with Gasteiger partial charge in [-0.3, -0.25) is 4.79 Å². The molecule has 2 amide bonds. The van der Waals surface area contributed by atoms with Crippen LogP contribution < -0.4 is 10.6 Å². The van der Waals surface area contributed by atoms with E-state index in [1.54, 1.807) is 6.20 Å². The summed E-state index contributed by atoms with van der Waals surface area (Å²) in [7, 11) is 0. The van der Waals surface area contributed by atoms with Gasteiger partial charge >= 0.3 is 12.1 Å². The summed E-state index contributed by atoms with van der Waals surface area (Å²) in [4.78, 5) is 40.5. The van der Waals surface area contributed by atoms with E-state index in [2.05, 4.69) is 15.6 Å². The molecule has 0 spiro atoms. The Hall–Kier alpha value is -4.63. The van der Waals surface area contributed by atoms with Crippen LogP contribution in [0.1, 0.15) is 22.6 Å². The zero-order valence-electron chi connectivity index (χ0n) is 20.4. The number of carboxylic acid groups (broad SMARTS) is 1. The molecule has 194 valence electrons. The van der Waals surface area contributed by atoms with E-state index in [1.807, 2.05) is 72.8 Å². The Morgan fingerprint density at radius 1 is 0.868 bits per heavy atom. The van der Waals surface area contributed by atoms with E-state index in [9.17, 15) is 24.6 Å². The lowest BCUT2D eigenvalue weighted by Crippen LogP contribution is -2.53. The summed E-state index contributed by atoms with van der Waals surface area (Å²) in [5, 5.41) is 24.4. The molecular weight excluding hydrogens is 486 g/mol. The number of aliphatic carboxylic acids is 1. The number of alkyl carbamates (subject to hydrolysis) is 1. The number of fused-ring (bicyclic) bond motifs is 4. The van der Waals surface area contributed by atoms with Crippen molar-refractivity contribution in [1.82, 2.24) is 15.6 Å². The number of hydrogen-bond acceptors (Lipinski definition) is 5. The number of nitrogens with one attached hydrogen (secondary N) is 3. The molecule has 0 radical (unpaired) electrons. The van der Waals surface area contributed by atoms with Gasteiger partial charge in [0, 0.05) is 29.4 Å². The molecule has 1 heterocycles. The van der Waals surface area contributed by atoms with Gasteiger partial charge in [0.15, 0.2) is 0 Å². The van der Waals surface area contributed by atoms with Crippen LogP contribution in [0, 0.1) is 0 Å². The summed E-state index contributed by atoms with van der Waals surface area (Å²) in [6.45, 7) is -0.721. The Labute approximate surface area is 218 Å². The van der Waals surface area contributed by atoms with E-state index < -0.39 is 36.7 Å². The average Bonchev–Trinajstić information content (AvgIpc) is 3.48. The lowest BCUT2D eigenvalue weighted by atomic mass is 9.98. The first-order valence-corrected chi connectivity index (χ1v) is 12.3. The fourth-order valence-corrected chi connectivity index (χ4v) is 4.97. The van der Waals surface area contributed by atoms with Crippen LogP contribution in [0.3, 0.4) is 0 Å². The fourth-order valence-electron chi connectivity index (χ4n) is 4.97. The first-order valence-electron chi connectivity index (χ1n) is 12.3. The van der Waals surface area contributed by atoms with Gasteiger partial charge in [-0.2, -0.15) is 0 Å². The van der Waals surface area contributed by atoms with Crippen molar-refractivity contribution in [2.45, 2.75) is 24.4 Å². The number of para-hydroxylation sites is 1. The van der Waals surface area contributed by atoms with E-state index in [0.29, 0.717) is 0 Å². The van der Waals surface area contributed by atoms with Gasteiger partial charge in [-0.15, -0.1) is 0 Å². The second kappa shape index (κ2) is 10.8. The zero-order chi connectivity index (χ0) is 26.6. The zero-order valence-corrected chi connectivity index (χ0v) is 20.4. The van der Waals surface area contributed by atoms with E-state index in [4.69, 9.17) is 4.74 Å². The topological polar surface area (TPSA) is 141 Å². The number of aliphatic hydroxyl groups is 1. The number of benzene rings is 3. The van der Waals surface area contributed by atoms with Gasteiger partial charge < -0.3 is 30.6 Å². The number of aliphatic hydroxyl groups excluding tert-OH is 1. The molecule has 9 heteroatoms. The van der Waals surface area contributed by atoms with Gasteiger partial charge in [0.25, 0.3) is 0 Å². The third kappa shape index (κ3) is 4.96. The van der Waals surface area contributed by atoms with Gasteiger partial charge in [0.2, 0.25) is 5.91 Å². The molecule has 9 nitrogen and oxygen atoms in total. The summed E-state index contributed by atoms with van der Waals surface area (Å²) < 4.78 is 5.60. The van der Waals surface area contributed by atoms with Crippen LogP contribution in [-0.4, -0.2) is 58.5 Å². The Morgan fingerprint density at radius 3 is 2.16 bits per heavy atom. The van der Waals surface area contributed by atoms with Crippen LogP contribution in [0.4, 0.5) is 4.79 Å². The van der Waals surface area contributed by atoms with Crippen LogP contribution >= 0.6 is 0 Å². The maximum absolute atomic E-state index is 13.0. The molecule has 0 saturated carbocycles. The molecule has 4 aromatic rings. The number of amides is 2. The third-order valence-corrected chi connectivity index (χ3v) is 6.85. The lowest BCUT2D eigenvalue weighted by Gasteiger charge is -2.21. The van der Waals surface area contributed by atoms with E-state index in [1.165, 1.54) is 0 Å². The number of aromatic amines is 1. The Balaban J connectivity index is 1.33. The summed E-state index contributed by atoms with van der Waals surface area (Å²) in [5.74, 6) is -2.28. The Morgan fingerprint density at radius 2 is 1.50 bits per heavy atom. The van der Waals surface area contributed by atoms with Crippen molar-refractivity contribution in [3.05, 3.63) is 95.7 Å². The minimum absolute atomic E-state index is 0.0652. The number of carbonyl (C=O) groups excluding carboxylic acids is 2. The van der Waals surface area contributed by atoms with Crippen molar-refractivity contribution in [1.29, 1.82) is 0 Å². The van der Waals surface area contributed by atoms with Crippen LogP contribution in [-0.2, 0) is 20.7 Å².